The molecule has 1 saturated heterocycles. The third-order valence-corrected chi connectivity index (χ3v) is 7.45. The third-order valence-electron chi connectivity index (χ3n) is 5.89. The fraction of sp³-hybridized carbons (Fsp3) is 0.310. The van der Waals surface area contributed by atoms with Gasteiger partial charge in [-0.1, -0.05) is 62.2 Å². The van der Waals surface area contributed by atoms with Crippen molar-refractivity contribution in [3.05, 3.63) is 95.6 Å². The van der Waals surface area contributed by atoms with Crippen LogP contribution in [-0.2, 0) is 16.1 Å². The summed E-state index contributed by atoms with van der Waals surface area (Å²) >= 11 is 1.72. The number of carbonyl (C=O) groups excluding carboxylic acids is 2. The Hall–Kier alpha value is -3.25. The average molecular weight is 490 g/mol. The van der Waals surface area contributed by atoms with E-state index in [9.17, 15) is 9.59 Å². The first-order valence-electron chi connectivity index (χ1n) is 12.1. The molecule has 1 heterocycles. The molecule has 35 heavy (non-hydrogen) atoms. The second kappa shape index (κ2) is 11.9. The summed E-state index contributed by atoms with van der Waals surface area (Å²) in [6.07, 6.45) is 2.95. The summed E-state index contributed by atoms with van der Waals surface area (Å²) in [5.41, 5.74) is 2.53. The van der Waals surface area contributed by atoms with Gasteiger partial charge >= 0.3 is 5.97 Å². The van der Waals surface area contributed by atoms with E-state index >= 15 is 0 Å². The Labute approximate surface area is 211 Å². The molecular formula is C29H31NO4S. The summed E-state index contributed by atoms with van der Waals surface area (Å²) in [5, 5.41) is -0.161. The van der Waals surface area contributed by atoms with E-state index in [0.717, 1.165) is 41.9 Å². The molecule has 0 aliphatic carbocycles. The Bertz CT molecular complexity index is 1130. The summed E-state index contributed by atoms with van der Waals surface area (Å²) in [4.78, 5) is 27.4. The molecule has 0 saturated carbocycles. The highest BCUT2D eigenvalue weighted by Gasteiger charge is 2.40. The summed E-state index contributed by atoms with van der Waals surface area (Å²) < 4.78 is 11.1. The fourth-order valence-electron chi connectivity index (χ4n) is 4.10. The first-order chi connectivity index (χ1) is 17.1. The van der Waals surface area contributed by atoms with Crippen LogP contribution < -0.4 is 4.74 Å². The van der Waals surface area contributed by atoms with Gasteiger partial charge in [-0.05, 0) is 60.9 Å². The smallest absolute Gasteiger partial charge is 0.338 e. The van der Waals surface area contributed by atoms with Gasteiger partial charge < -0.3 is 14.4 Å². The number of hydrogen-bond donors (Lipinski definition) is 0. The lowest BCUT2D eigenvalue weighted by molar-refractivity contribution is -0.130. The molecule has 0 aromatic heterocycles. The molecule has 1 amide bonds. The predicted molar refractivity (Wildman–Crippen MR) is 140 cm³/mol. The molecule has 3 aromatic carbocycles. The van der Waals surface area contributed by atoms with Crippen molar-refractivity contribution in [3.8, 4) is 11.5 Å². The Kier molecular flexibility index (Phi) is 8.48. The number of carbonyl (C=O) groups is 2. The molecule has 182 valence electrons. The number of thioether (sulfide) groups is 1. The monoisotopic (exact) mass is 489 g/mol. The highest BCUT2D eigenvalue weighted by Crippen LogP contribution is 2.46. The number of rotatable bonds is 10. The topological polar surface area (TPSA) is 55.8 Å². The zero-order valence-electron chi connectivity index (χ0n) is 20.2. The molecule has 2 atom stereocenters. The molecule has 0 radical (unpaired) electrons. The number of benzene rings is 3. The molecule has 0 bridgehead atoms. The van der Waals surface area contributed by atoms with Crippen LogP contribution in [0.1, 0.15) is 60.0 Å². The van der Waals surface area contributed by atoms with Crippen molar-refractivity contribution < 1.29 is 19.1 Å². The van der Waals surface area contributed by atoms with Gasteiger partial charge in [0.05, 0.1) is 17.4 Å². The normalized spacial score (nSPS) is 17.4. The number of para-hydroxylation sites is 1. The second-order valence-electron chi connectivity index (χ2n) is 8.49. The molecule has 2 unspecified atom stereocenters. The molecule has 1 aliphatic rings. The number of esters is 1. The lowest BCUT2D eigenvalue weighted by Crippen LogP contribution is -2.30. The first-order valence-corrected chi connectivity index (χ1v) is 13.1. The van der Waals surface area contributed by atoms with Crippen molar-refractivity contribution in [2.75, 3.05) is 6.61 Å². The molecule has 1 fully saturated rings. The lowest BCUT2D eigenvalue weighted by Gasteiger charge is -2.25. The number of ether oxygens (including phenoxy) is 2. The fourth-order valence-corrected chi connectivity index (χ4v) is 5.60. The Balaban J connectivity index is 1.56. The molecule has 4 rings (SSSR count). The standard InChI is InChI=1S/C29H31NO4S/c1-3-5-14-26-27(31)30(20-21-15-17-22(18-16-21)29(32)33-4-2)28(35-26)23-10-9-13-25(19-23)34-24-11-7-6-8-12-24/h6-13,15-19,26,28H,3-5,14,20H2,1-2H3. The minimum absolute atomic E-state index is 0.0579. The van der Waals surface area contributed by atoms with Crippen LogP contribution in [0.3, 0.4) is 0 Å². The van der Waals surface area contributed by atoms with Gasteiger partial charge in [0.2, 0.25) is 5.91 Å². The van der Waals surface area contributed by atoms with Gasteiger partial charge in [-0.15, -0.1) is 11.8 Å². The lowest BCUT2D eigenvalue weighted by atomic mass is 10.1. The van der Waals surface area contributed by atoms with Crippen LogP contribution in [-0.4, -0.2) is 28.6 Å². The first kappa shape index (κ1) is 24.9. The maximum Gasteiger partial charge on any atom is 0.338 e. The Morgan fingerprint density at radius 2 is 1.69 bits per heavy atom. The van der Waals surface area contributed by atoms with E-state index in [-0.39, 0.29) is 22.5 Å². The minimum atomic E-state index is -0.334. The summed E-state index contributed by atoms with van der Waals surface area (Å²) in [5.74, 6) is 1.36. The number of unbranched alkanes of at least 4 members (excludes halogenated alkanes) is 1. The molecule has 0 spiro atoms. The van der Waals surface area contributed by atoms with Gasteiger partial charge in [0.1, 0.15) is 16.9 Å². The molecule has 0 N–H and O–H groups in total. The summed E-state index contributed by atoms with van der Waals surface area (Å²) in [7, 11) is 0. The van der Waals surface area contributed by atoms with Gasteiger partial charge in [0, 0.05) is 6.54 Å². The van der Waals surface area contributed by atoms with Crippen LogP contribution in [0.25, 0.3) is 0 Å². The molecule has 3 aromatic rings. The Morgan fingerprint density at radius 3 is 2.40 bits per heavy atom. The van der Waals surface area contributed by atoms with Crippen molar-refractivity contribution in [1.82, 2.24) is 4.90 Å². The van der Waals surface area contributed by atoms with Crippen molar-refractivity contribution in [2.24, 2.45) is 0 Å². The minimum Gasteiger partial charge on any atom is -0.462 e. The van der Waals surface area contributed by atoms with Gasteiger partial charge in [-0.3, -0.25) is 4.79 Å². The van der Waals surface area contributed by atoms with Crippen LogP contribution >= 0.6 is 11.8 Å². The van der Waals surface area contributed by atoms with Gasteiger partial charge in [-0.25, -0.2) is 4.79 Å². The van der Waals surface area contributed by atoms with Gasteiger partial charge in [0.15, 0.2) is 0 Å². The predicted octanol–water partition coefficient (Wildman–Crippen LogP) is 6.99. The summed E-state index contributed by atoms with van der Waals surface area (Å²) in [6.45, 7) is 4.76. The quantitative estimate of drug-likeness (QED) is 0.287. The summed E-state index contributed by atoms with van der Waals surface area (Å²) in [6, 6.07) is 25.0. The van der Waals surface area contributed by atoms with Crippen LogP contribution in [0.5, 0.6) is 11.5 Å². The molecule has 5 nitrogen and oxygen atoms in total. The molecule has 1 aliphatic heterocycles. The zero-order chi connectivity index (χ0) is 24.6. The van der Waals surface area contributed by atoms with E-state index in [4.69, 9.17) is 9.47 Å². The maximum atomic E-state index is 13.4. The van der Waals surface area contributed by atoms with E-state index in [0.29, 0.717) is 18.7 Å². The average Bonchev–Trinajstić information content (AvgIpc) is 3.19. The van der Waals surface area contributed by atoms with Crippen LogP contribution in [0.2, 0.25) is 0 Å². The van der Waals surface area contributed by atoms with Crippen LogP contribution in [0, 0.1) is 0 Å². The maximum absolute atomic E-state index is 13.4. The van der Waals surface area contributed by atoms with Crippen molar-refractivity contribution in [1.29, 1.82) is 0 Å². The van der Waals surface area contributed by atoms with Gasteiger partial charge in [0.25, 0.3) is 0 Å². The third kappa shape index (κ3) is 6.25. The van der Waals surface area contributed by atoms with E-state index in [1.54, 1.807) is 30.8 Å². The highest BCUT2D eigenvalue weighted by atomic mass is 32.2. The van der Waals surface area contributed by atoms with Crippen LogP contribution in [0.4, 0.5) is 0 Å². The number of nitrogens with zero attached hydrogens (tertiary/aromatic N) is 1. The Morgan fingerprint density at radius 1 is 0.943 bits per heavy atom. The van der Waals surface area contributed by atoms with E-state index < -0.39 is 0 Å². The van der Waals surface area contributed by atoms with Gasteiger partial charge in [-0.2, -0.15) is 0 Å². The van der Waals surface area contributed by atoms with Crippen molar-refractivity contribution >= 4 is 23.6 Å². The largest absolute Gasteiger partial charge is 0.462 e. The molecule has 6 heteroatoms. The number of hydrogen-bond acceptors (Lipinski definition) is 5. The van der Waals surface area contributed by atoms with Crippen LogP contribution in [0.15, 0.2) is 78.9 Å². The molecular weight excluding hydrogens is 458 g/mol. The second-order valence-corrected chi connectivity index (χ2v) is 9.78. The van der Waals surface area contributed by atoms with Crippen molar-refractivity contribution in [3.63, 3.8) is 0 Å². The highest BCUT2D eigenvalue weighted by molar-refractivity contribution is 8.01. The van der Waals surface area contributed by atoms with E-state index in [2.05, 4.69) is 13.0 Å². The zero-order valence-corrected chi connectivity index (χ0v) is 21.0. The number of amides is 1. The SMILES string of the molecule is CCCCC1SC(c2cccc(Oc3ccccc3)c2)N(Cc2ccc(C(=O)OCC)cc2)C1=O. The van der Waals surface area contributed by atoms with E-state index in [1.165, 1.54) is 0 Å². The van der Waals surface area contributed by atoms with Crippen molar-refractivity contribution in [2.45, 2.75) is 50.3 Å². The van der Waals surface area contributed by atoms with E-state index in [1.807, 2.05) is 65.6 Å².